The first-order chi connectivity index (χ1) is 8.79. The van der Waals surface area contributed by atoms with Crippen LogP contribution in [0.4, 0.5) is 0 Å². The third-order valence-corrected chi connectivity index (χ3v) is 3.97. The van der Waals surface area contributed by atoms with Gasteiger partial charge in [0.2, 0.25) is 0 Å². The van der Waals surface area contributed by atoms with Gasteiger partial charge in [-0.2, -0.15) is 0 Å². The highest BCUT2D eigenvalue weighted by molar-refractivity contribution is 5.72. The lowest BCUT2D eigenvalue weighted by molar-refractivity contribution is -0.150. The normalized spacial score (nSPS) is 30.1. The van der Waals surface area contributed by atoms with Gasteiger partial charge in [-0.05, 0) is 58.5 Å². The van der Waals surface area contributed by atoms with E-state index in [2.05, 4.69) is 5.32 Å². The number of carbonyl (C=O) groups excluding carboxylic acids is 1. The molecule has 0 aromatic rings. The van der Waals surface area contributed by atoms with E-state index in [4.69, 9.17) is 9.47 Å². The first-order valence-electron chi connectivity index (χ1n) is 7.32. The maximum atomic E-state index is 11.6. The monoisotopic (exact) mass is 255 g/mol. The average molecular weight is 255 g/mol. The van der Waals surface area contributed by atoms with E-state index in [-0.39, 0.29) is 11.9 Å². The van der Waals surface area contributed by atoms with Crippen molar-refractivity contribution in [1.29, 1.82) is 0 Å². The SMILES string of the molecule is CCOC(=O)C1CCC(OC2CCNCC2)CC1. The maximum Gasteiger partial charge on any atom is 0.308 e. The Morgan fingerprint density at radius 3 is 2.28 bits per heavy atom. The van der Waals surface area contributed by atoms with Crippen LogP contribution in [0.5, 0.6) is 0 Å². The third kappa shape index (κ3) is 3.95. The molecule has 0 spiro atoms. The van der Waals surface area contributed by atoms with E-state index in [1.807, 2.05) is 6.92 Å². The quantitative estimate of drug-likeness (QED) is 0.779. The molecule has 0 aromatic heterocycles. The lowest BCUT2D eigenvalue weighted by atomic mass is 9.87. The first kappa shape index (κ1) is 13.8. The van der Waals surface area contributed by atoms with Gasteiger partial charge in [-0.15, -0.1) is 0 Å². The van der Waals surface area contributed by atoms with Gasteiger partial charge >= 0.3 is 5.97 Å². The first-order valence-corrected chi connectivity index (χ1v) is 7.32. The summed E-state index contributed by atoms with van der Waals surface area (Å²) in [6.45, 7) is 4.50. The molecule has 2 aliphatic rings. The van der Waals surface area contributed by atoms with Crippen molar-refractivity contribution >= 4 is 5.97 Å². The van der Waals surface area contributed by atoms with Gasteiger partial charge in [-0.3, -0.25) is 4.79 Å². The average Bonchev–Trinajstić information content (AvgIpc) is 2.41. The number of hydrogen-bond acceptors (Lipinski definition) is 4. The van der Waals surface area contributed by atoms with Gasteiger partial charge in [-0.1, -0.05) is 0 Å². The fourth-order valence-corrected chi connectivity index (χ4v) is 2.90. The predicted octanol–water partition coefficient (Wildman–Crippen LogP) is 1.88. The molecule has 1 heterocycles. The third-order valence-electron chi connectivity index (χ3n) is 3.97. The molecule has 18 heavy (non-hydrogen) atoms. The van der Waals surface area contributed by atoms with Crippen molar-refractivity contribution in [3.63, 3.8) is 0 Å². The van der Waals surface area contributed by atoms with E-state index in [0.29, 0.717) is 18.8 Å². The van der Waals surface area contributed by atoms with Crippen LogP contribution in [-0.4, -0.2) is 37.9 Å². The Morgan fingerprint density at radius 1 is 1.06 bits per heavy atom. The molecule has 1 aliphatic carbocycles. The number of esters is 1. The summed E-state index contributed by atoms with van der Waals surface area (Å²) in [5.74, 6) is 0.0932. The summed E-state index contributed by atoms with van der Waals surface area (Å²) in [7, 11) is 0. The van der Waals surface area contributed by atoms with Gasteiger partial charge < -0.3 is 14.8 Å². The van der Waals surface area contributed by atoms with Crippen LogP contribution in [0.3, 0.4) is 0 Å². The second-order valence-corrected chi connectivity index (χ2v) is 5.31. The van der Waals surface area contributed by atoms with Crippen LogP contribution in [0.25, 0.3) is 0 Å². The topological polar surface area (TPSA) is 47.6 Å². The predicted molar refractivity (Wildman–Crippen MR) is 69.4 cm³/mol. The summed E-state index contributed by atoms with van der Waals surface area (Å²) in [5.41, 5.74) is 0. The van der Waals surface area contributed by atoms with Crippen LogP contribution >= 0.6 is 0 Å². The summed E-state index contributed by atoms with van der Waals surface area (Å²) in [6, 6.07) is 0. The minimum Gasteiger partial charge on any atom is -0.466 e. The van der Waals surface area contributed by atoms with E-state index in [1.54, 1.807) is 0 Å². The molecule has 1 aliphatic heterocycles. The molecule has 1 N–H and O–H groups in total. The number of piperidine rings is 1. The van der Waals surface area contributed by atoms with Crippen molar-refractivity contribution in [3.8, 4) is 0 Å². The number of carbonyl (C=O) groups is 1. The summed E-state index contributed by atoms with van der Waals surface area (Å²) < 4.78 is 11.2. The Labute approximate surface area is 109 Å². The molecule has 104 valence electrons. The Hall–Kier alpha value is -0.610. The number of nitrogens with one attached hydrogen (secondary N) is 1. The molecule has 0 atom stereocenters. The molecule has 1 saturated heterocycles. The van der Waals surface area contributed by atoms with Crippen LogP contribution in [0.15, 0.2) is 0 Å². The molecule has 0 unspecified atom stereocenters. The van der Waals surface area contributed by atoms with Crippen molar-refractivity contribution in [1.82, 2.24) is 5.32 Å². The molecule has 0 radical (unpaired) electrons. The Kier molecular flexibility index (Phi) is 5.45. The Morgan fingerprint density at radius 2 is 1.67 bits per heavy atom. The van der Waals surface area contributed by atoms with Crippen molar-refractivity contribution in [2.45, 2.75) is 57.7 Å². The molecule has 0 bridgehead atoms. The molecule has 4 nitrogen and oxygen atoms in total. The number of hydrogen-bond donors (Lipinski definition) is 1. The van der Waals surface area contributed by atoms with Gasteiger partial charge in [0, 0.05) is 0 Å². The number of rotatable bonds is 4. The molecule has 4 heteroatoms. The molecule has 0 amide bonds. The minimum absolute atomic E-state index is 0.0159. The lowest BCUT2D eigenvalue weighted by Gasteiger charge is -2.32. The second-order valence-electron chi connectivity index (χ2n) is 5.31. The van der Waals surface area contributed by atoms with Gasteiger partial charge in [0.1, 0.15) is 0 Å². The van der Waals surface area contributed by atoms with Crippen molar-refractivity contribution in [2.75, 3.05) is 19.7 Å². The fraction of sp³-hybridized carbons (Fsp3) is 0.929. The van der Waals surface area contributed by atoms with Crippen molar-refractivity contribution in [3.05, 3.63) is 0 Å². The largest absolute Gasteiger partial charge is 0.466 e. The molecule has 1 saturated carbocycles. The zero-order valence-corrected chi connectivity index (χ0v) is 11.3. The minimum atomic E-state index is -0.0159. The standard InChI is InChI=1S/C14H25NO3/c1-2-17-14(16)11-3-5-12(6-4-11)18-13-7-9-15-10-8-13/h11-13,15H,2-10H2,1H3. The van der Waals surface area contributed by atoms with Gasteiger partial charge in [-0.25, -0.2) is 0 Å². The van der Waals surface area contributed by atoms with Crippen molar-refractivity contribution in [2.24, 2.45) is 5.92 Å². The zero-order valence-electron chi connectivity index (χ0n) is 11.3. The highest BCUT2D eigenvalue weighted by Gasteiger charge is 2.29. The molecular weight excluding hydrogens is 230 g/mol. The van der Waals surface area contributed by atoms with E-state index in [0.717, 1.165) is 51.6 Å². The van der Waals surface area contributed by atoms with E-state index in [1.165, 1.54) is 0 Å². The lowest BCUT2D eigenvalue weighted by Crippen LogP contribution is -2.36. The molecule has 2 fully saturated rings. The zero-order chi connectivity index (χ0) is 12.8. The Bertz CT molecular complexity index is 256. The highest BCUT2D eigenvalue weighted by atomic mass is 16.5. The van der Waals surface area contributed by atoms with Crippen LogP contribution in [-0.2, 0) is 14.3 Å². The Balaban J connectivity index is 1.68. The maximum absolute atomic E-state index is 11.6. The van der Waals surface area contributed by atoms with E-state index < -0.39 is 0 Å². The number of ether oxygens (including phenoxy) is 2. The van der Waals surface area contributed by atoms with Gasteiger partial charge in [0.05, 0.1) is 24.7 Å². The van der Waals surface area contributed by atoms with Gasteiger partial charge in [0.25, 0.3) is 0 Å². The summed E-state index contributed by atoms with van der Waals surface area (Å²) in [4.78, 5) is 11.6. The highest BCUT2D eigenvalue weighted by Crippen LogP contribution is 2.28. The fourth-order valence-electron chi connectivity index (χ4n) is 2.90. The van der Waals surface area contributed by atoms with Gasteiger partial charge in [0.15, 0.2) is 0 Å². The van der Waals surface area contributed by atoms with E-state index >= 15 is 0 Å². The van der Waals surface area contributed by atoms with Crippen LogP contribution in [0.1, 0.15) is 45.4 Å². The molecule has 2 rings (SSSR count). The molecular formula is C14H25NO3. The van der Waals surface area contributed by atoms with Crippen LogP contribution in [0, 0.1) is 5.92 Å². The summed E-state index contributed by atoms with van der Waals surface area (Å²) in [6.07, 6.45) is 6.90. The van der Waals surface area contributed by atoms with E-state index in [9.17, 15) is 4.79 Å². The van der Waals surface area contributed by atoms with Crippen LogP contribution < -0.4 is 5.32 Å². The smallest absolute Gasteiger partial charge is 0.308 e. The second kappa shape index (κ2) is 7.10. The van der Waals surface area contributed by atoms with Crippen LogP contribution in [0.2, 0.25) is 0 Å². The summed E-state index contributed by atoms with van der Waals surface area (Å²) >= 11 is 0. The molecule has 0 aromatic carbocycles. The van der Waals surface area contributed by atoms with Crippen molar-refractivity contribution < 1.29 is 14.3 Å². The summed E-state index contributed by atoms with van der Waals surface area (Å²) in [5, 5.41) is 3.35.